The second kappa shape index (κ2) is 8.91. The van der Waals surface area contributed by atoms with E-state index < -0.39 is 0 Å². The summed E-state index contributed by atoms with van der Waals surface area (Å²) in [6.07, 6.45) is 1.34. The Balaban J connectivity index is 0.00000261. The molecule has 0 aromatic heterocycles. The van der Waals surface area contributed by atoms with Gasteiger partial charge in [0.2, 0.25) is 11.8 Å². The number of nitrogens with one attached hydrogen (secondary N) is 2. The van der Waals surface area contributed by atoms with Crippen molar-refractivity contribution in [2.75, 3.05) is 15.5 Å². The van der Waals surface area contributed by atoms with Gasteiger partial charge in [-0.3, -0.25) is 9.59 Å². The molecular formula is C21H26ClN3O2. The van der Waals surface area contributed by atoms with Gasteiger partial charge in [0.15, 0.2) is 0 Å². The Morgan fingerprint density at radius 1 is 1.07 bits per heavy atom. The Labute approximate surface area is 166 Å². The maximum absolute atomic E-state index is 12.4. The highest BCUT2D eigenvalue weighted by atomic mass is 35.5. The van der Waals surface area contributed by atoms with Crippen molar-refractivity contribution < 1.29 is 9.59 Å². The second-order valence-electron chi connectivity index (χ2n) is 6.72. The quantitative estimate of drug-likeness (QED) is 0.795. The molecule has 1 aliphatic rings. The van der Waals surface area contributed by atoms with Gasteiger partial charge < -0.3 is 15.5 Å². The molecule has 0 aliphatic carbocycles. The zero-order chi connectivity index (χ0) is 18.7. The molecule has 5 nitrogen and oxygen atoms in total. The molecule has 1 heterocycles. The lowest BCUT2D eigenvalue weighted by atomic mass is 9.91. The van der Waals surface area contributed by atoms with Crippen LogP contribution in [0.1, 0.15) is 45.2 Å². The molecule has 6 heteroatoms. The molecule has 3 rings (SSSR count). The number of nitrogens with zero attached hydrogens (tertiary/aromatic N) is 1. The van der Waals surface area contributed by atoms with Gasteiger partial charge in [-0.25, -0.2) is 0 Å². The molecule has 0 saturated carbocycles. The minimum absolute atomic E-state index is 0. The van der Waals surface area contributed by atoms with Gasteiger partial charge in [0.05, 0.1) is 6.04 Å². The van der Waals surface area contributed by atoms with Crippen LogP contribution in [-0.4, -0.2) is 17.9 Å². The number of fused-ring (bicyclic) bond motifs is 1. The van der Waals surface area contributed by atoms with Crippen LogP contribution >= 0.6 is 12.4 Å². The van der Waals surface area contributed by atoms with Crippen LogP contribution in [-0.2, 0) is 9.59 Å². The summed E-state index contributed by atoms with van der Waals surface area (Å²) in [6, 6.07) is 16.0. The molecule has 0 spiro atoms. The van der Waals surface area contributed by atoms with Crippen molar-refractivity contribution in [1.82, 2.24) is 0 Å². The third-order valence-corrected chi connectivity index (χ3v) is 4.71. The minimum Gasteiger partial charge on any atom is -0.378 e. The van der Waals surface area contributed by atoms with Crippen molar-refractivity contribution in [1.29, 1.82) is 0 Å². The SMILES string of the molecule is CCC(=O)N1c2ccccc2[C@H](Nc2ccc(NC(C)=O)cc2)C[C@@H]1C.Cl. The van der Waals surface area contributed by atoms with E-state index in [4.69, 9.17) is 0 Å². The number of carbonyl (C=O) groups excluding carboxylic acids is 2. The number of amides is 2. The van der Waals surface area contributed by atoms with Crippen LogP contribution in [0.15, 0.2) is 48.5 Å². The van der Waals surface area contributed by atoms with Crippen molar-refractivity contribution in [3.8, 4) is 0 Å². The smallest absolute Gasteiger partial charge is 0.226 e. The molecular weight excluding hydrogens is 362 g/mol. The number of anilines is 3. The number of rotatable bonds is 4. The zero-order valence-electron chi connectivity index (χ0n) is 15.9. The molecule has 2 N–H and O–H groups in total. The van der Waals surface area contributed by atoms with Crippen LogP contribution in [0.5, 0.6) is 0 Å². The molecule has 2 aromatic carbocycles. The van der Waals surface area contributed by atoms with Crippen LogP contribution < -0.4 is 15.5 Å². The van der Waals surface area contributed by atoms with Crippen molar-refractivity contribution in [2.45, 2.75) is 45.7 Å². The minimum atomic E-state index is -0.0820. The zero-order valence-corrected chi connectivity index (χ0v) is 16.7. The number of halogens is 1. The molecule has 2 amide bonds. The third kappa shape index (κ3) is 4.61. The van der Waals surface area contributed by atoms with Gasteiger partial charge in [-0.05, 0) is 49.2 Å². The molecule has 1 aliphatic heterocycles. The first-order valence-corrected chi connectivity index (χ1v) is 9.04. The van der Waals surface area contributed by atoms with E-state index in [0.29, 0.717) is 6.42 Å². The predicted octanol–water partition coefficient (Wildman–Crippen LogP) is 4.76. The average molecular weight is 388 g/mol. The number of benzene rings is 2. The van der Waals surface area contributed by atoms with E-state index in [2.05, 4.69) is 23.6 Å². The summed E-state index contributed by atoms with van der Waals surface area (Å²) < 4.78 is 0. The molecule has 0 saturated heterocycles. The molecule has 27 heavy (non-hydrogen) atoms. The van der Waals surface area contributed by atoms with Crippen LogP contribution in [0.4, 0.5) is 17.1 Å². The Kier molecular flexibility index (Phi) is 6.86. The van der Waals surface area contributed by atoms with Crippen LogP contribution in [0, 0.1) is 0 Å². The van der Waals surface area contributed by atoms with Gasteiger partial charge in [0.1, 0.15) is 0 Å². The molecule has 2 atom stereocenters. The van der Waals surface area contributed by atoms with E-state index in [0.717, 1.165) is 29.0 Å². The first kappa shape index (κ1) is 20.8. The standard InChI is InChI=1S/C21H25N3O2.ClH/c1-4-21(26)24-14(2)13-19(18-7-5-6-8-20(18)24)23-17-11-9-16(10-12-17)22-15(3)25;/h5-12,14,19,23H,4,13H2,1-3H3,(H,22,25);1H/t14-,19+;/m0./s1. The first-order chi connectivity index (χ1) is 12.5. The maximum atomic E-state index is 12.4. The van der Waals surface area contributed by atoms with Crippen LogP contribution in [0.3, 0.4) is 0 Å². The van der Waals surface area contributed by atoms with E-state index in [-0.39, 0.29) is 36.3 Å². The van der Waals surface area contributed by atoms with Gasteiger partial charge >= 0.3 is 0 Å². The molecule has 144 valence electrons. The first-order valence-electron chi connectivity index (χ1n) is 9.04. The lowest BCUT2D eigenvalue weighted by Gasteiger charge is -2.40. The Bertz CT molecular complexity index is 807. The molecule has 0 bridgehead atoms. The summed E-state index contributed by atoms with van der Waals surface area (Å²) in [5, 5.41) is 6.35. The lowest BCUT2D eigenvalue weighted by molar-refractivity contribution is -0.119. The summed E-state index contributed by atoms with van der Waals surface area (Å²) in [6.45, 7) is 5.49. The van der Waals surface area contributed by atoms with E-state index in [1.807, 2.05) is 54.3 Å². The fourth-order valence-electron chi connectivity index (χ4n) is 3.55. The summed E-state index contributed by atoms with van der Waals surface area (Å²) in [7, 11) is 0. The highest BCUT2D eigenvalue weighted by molar-refractivity contribution is 5.95. The van der Waals surface area contributed by atoms with E-state index >= 15 is 0 Å². The summed E-state index contributed by atoms with van der Waals surface area (Å²) in [5.74, 6) is 0.0736. The van der Waals surface area contributed by atoms with E-state index in [1.54, 1.807) is 0 Å². The highest BCUT2D eigenvalue weighted by Crippen LogP contribution is 2.39. The largest absolute Gasteiger partial charge is 0.378 e. The number of hydrogen-bond donors (Lipinski definition) is 2. The van der Waals surface area contributed by atoms with Gasteiger partial charge in [0, 0.05) is 36.4 Å². The molecule has 0 fully saturated rings. The number of carbonyl (C=O) groups is 2. The van der Waals surface area contributed by atoms with Crippen molar-refractivity contribution in [2.24, 2.45) is 0 Å². The molecule has 2 aromatic rings. The summed E-state index contributed by atoms with van der Waals surface area (Å²) in [4.78, 5) is 25.5. The monoisotopic (exact) mass is 387 g/mol. The average Bonchev–Trinajstić information content (AvgIpc) is 2.62. The number of hydrogen-bond acceptors (Lipinski definition) is 3. The van der Waals surface area contributed by atoms with Gasteiger partial charge in [-0.1, -0.05) is 25.1 Å². The van der Waals surface area contributed by atoms with Gasteiger partial charge in [0.25, 0.3) is 0 Å². The van der Waals surface area contributed by atoms with Crippen molar-refractivity contribution in [3.63, 3.8) is 0 Å². The Morgan fingerprint density at radius 3 is 2.33 bits per heavy atom. The Morgan fingerprint density at radius 2 is 1.70 bits per heavy atom. The van der Waals surface area contributed by atoms with Crippen LogP contribution in [0.2, 0.25) is 0 Å². The highest BCUT2D eigenvalue weighted by Gasteiger charge is 2.32. The fraction of sp³-hybridized carbons (Fsp3) is 0.333. The third-order valence-electron chi connectivity index (χ3n) is 4.71. The normalized spacial score (nSPS) is 18.1. The topological polar surface area (TPSA) is 61.4 Å². The Hall–Kier alpha value is -2.53. The summed E-state index contributed by atoms with van der Waals surface area (Å²) in [5.41, 5.74) is 3.89. The maximum Gasteiger partial charge on any atom is 0.226 e. The van der Waals surface area contributed by atoms with E-state index in [9.17, 15) is 9.59 Å². The summed E-state index contributed by atoms with van der Waals surface area (Å²) >= 11 is 0. The predicted molar refractivity (Wildman–Crippen MR) is 113 cm³/mol. The van der Waals surface area contributed by atoms with Crippen LogP contribution in [0.25, 0.3) is 0 Å². The van der Waals surface area contributed by atoms with Crippen molar-refractivity contribution >= 4 is 41.3 Å². The van der Waals surface area contributed by atoms with Gasteiger partial charge in [-0.2, -0.15) is 0 Å². The fourth-order valence-corrected chi connectivity index (χ4v) is 3.55. The molecule has 0 radical (unpaired) electrons. The van der Waals surface area contributed by atoms with Crippen molar-refractivity contribution in [3.05, 3.63) is 54.1 Å². The second-order valence-corrected chi connectivity index (χ2v) is 6.72. The molecule has 0 unspecified atom stereocenters. The van der Waals surface area contributed by atoms with E-state index in [1.165, 1.54) is 6.92 Å². The van der Waals surface area contributed by atoms with Gasteiger partial charge in [-0.15, -0.1) is 12.4 Å². The number of para-hydroxylation sites is 1. The lowest BCUT2D eigenvalue weighted by Crippen LogP contribution is -2.44.